The van der Waals surface area contributed by atoms with Gasteiger partial charge in [0.05, 0.1) is 31.0 Å². The van der Waals surface area contributed by atoms with Gasteiger partial charge in [0, 0.05) is 61.3 Å². The molecule has 3 N–H and O–H groups in total. The summed E-state index contributed by atoms with van der Waals surface area (Å²) in [7, 11) is 0. The van der Waals surface area contributed by atoms with Crippen LogP contribution < -0.4 is 10.1 Å². The number of hydrogen-bond acceptors (Lipinski definition) is 7. The van der Waals surface area contributed by atoms with Crippen molar-refractivity contribution in [3.05, 3.63) is 48.0 Å². The predicted octanol–water partition coefficient (Wildman–Crippen LogP) is 3.83. The molecule has 220 valence electrons. The van der Waals surface area contributed by atoms with E-state index in [0.29, 0.717) is 12.1 Å². The molecule has 2 saturated heterocycles. The Hall–Kier alpha value is -2.98. The van der Waals surface area contributed by atoms with E-state index in [1.54, 1.807) is 0 Å². The number of aliphatic hydroxyl groups is 1. The zero-order valence-corrected chi connectivity index (χ0v) is 23.9. The van der Waals surface area contributed by atoms with E-state index >= 15 is 0 Å². The number of rotatable bonds is 9. The number of H-pyrrole nitrogens is 1. The number of carbonyl (C=O) groups excluding carboxylic acids is 1. The largest absolute Gasteiger partial charge is 0.490 e. The third-order valence-electron chi connectivity index (χ3n) is 9.25. The van der Waals surface area contributed by atoms with Gasteiger partial charge in [-0.1, -0.05) is 19.3 Å². The Balaban J connectivity index is 1.12. The molecule has 3 fully saturated rings. The van der Waals surface area contributed by atoms with Crippen LogP contribution in [0.15, 0.2) is 42.5 Å². The molecule has 0 bridgehead atoms. The monoisotopic (exact) mass is 561 g/mol. The molecule has 9 heteroatoms. The van der Waals surface area contributed by atoms with Crippen LogP contribution in [0.3, 0.4) is 0 Å². The normalized spacial score (nSPS) is 20.7. The lowest BCUT2D eigenvalue weighted by atomic mass is 9.79. The molecule has 1 aromatic heterocycles. The fourth-order valence-corrected chi connectivity index (χ4v) is 6.85. The van der Waals surface area contributed by atoms with Crippen molar-refractivity contribution in [3.63, 3.8) is 0 Å². The minimum atomic E-state index is -0.0361. The Bertz CT molecular complexity index is 1290. The summed E-state index contributed by atoms with van der Waals surface area (Å²) in [6.07, 6.45) is 8.07. The summed E-state index contributed by atoms with van der Waals surface area (Å²) in [5, 5.41) is 21.1. The molecule has 6 rings (SSSR count). The maximum atomic E-state index is 13.4. The Kier molecular flexibility index (Phi) is 8.86. The fraction of sp³-hybridized carbons (Fsp3) is 0.562. The number of ether oxygens (including phenoxy) is 2. The van der Waals surface area contributed by atoms with Crippen LogP contribution in [0.1, 0.15) is 55.3 Å². The number of piperidine rings is 1. The highest BCUT2D eigenvalue weighted by atomic mass is 16.5. The van der Waals surface area contributed by atoms with Gasteiger partial charge in [-0.05, 0) is 68.1 Å². The average molecular weight is 562 g/mol. The number of morpholine rings is 1. The molecule has 1 saturated carbocycles. The lowest BCUT2D eigenvalue weighted by molar-refractivity contribution is -0.0361. The molecule has 0 spiro atoms. The van der Waals surface area contributed by atoms with Gasteiger partial charge in [0.1, 0.15) is 11.9 Å². The van der Waals surface area contributed by atoms with E-state index < -0.39 is 0 Å². The van der Waals surface area contributed by atoms with Crippen LogP contribution in [0.25, 0.3) is 22.2 Å². The zero-order chi connectivity index (χ0) is 28.1. The number of amides is 1. The van der Waals surface area contributed by atoms with E-state index in [-0.39, 0.29) is 24.2 Å². The highest BCUT2D eigenvalue weighted by molar-refractivity contribution is 6.01. The number of β-amino-alcohol motifs (C(OH)–C–C–N with tert-alkyl or cyclic N) is 1. The summed E-state index contributed by atoms with van der Waals surface area (Å²) in [6.45, 7) is 6.93. The van der Waals surface area contributed by atoms with Crippen molar-refractivity contribution < 1.29 is 19.4 Å². The van der Waals surface area contributed by atoms with Crippen LogP contribution in [0.2, 0.25) is 0 Å². The Morgan fingerprint density at radius 3 is 2.54 bits per heavy atom. The Morgan fingerprint density at radius 2 is 1.80 bits per heavy atom. The number of aromatic nitrogens is 2. The Morgan fingerprint density at radius 1 is 1.05 bits per heavy atom. The molecule has 9 nitrogen and oxygen atoms in total. The molecule has 3 aliphatic rings. The second kappa shape index (κ2) is 12.9. The number of benzene rings is 2. The molecule has 1 aliphatic carbocycles. The third-order valence-corrected chi connectivity index (χ3v) is 9.25. The molecular weight excluding hydrogens is 518 g/mol. The fourth-order valence-electron chi connectivity index (χ4n) is 6.85. The molecular formula is C32H43N5O4. The second-order valence-electron chi connectivity index (χ2n) is 11.8. The van der Waals surface area contributed by atoms with E-state index in [1.807, 2.05) is 42.5 Å². The first kappa shape index (κ1) is 28.2. The van der Waals surface area contributed by atoms with E-state index in [9.17, 15) is 4.79 Å². The molecule has 2 aliphatic heterocycles. The first-order chi connectivity index (χ1) is 20.1. The number of carbonyl (C=O) groups is 1. The van der Waals surface area contributed by atoms with Crippen LogP contribution >= 0.6 is 0 Å². The van der Waals surface area contributed by atoms with Crippen molar-refractivity contribution in [2.24, 2.45) is 0 Å². The van der Waals surface area contributed by atoms with Crippen molar-refractivity contribution in [2.75, 3.05) is 59.1 Å². The molecule has 2 aromatic carbocycles. The first-order valence-corrected chi connectivity index (χ1v) is 15.3. The highest BCUT2D eigenvalue weighted by Crippen LogP contribution is 2.34. The minimum Gasteiger partial charge on any atom is -0.490 e. The van der Waals surface area contributed by atoms with Gasteiger partial charge in [-0.3, -0.25) is 14.8 Å². The summed E-state index contributed by atoms with van der Waals surface area (Å²) in [5.41, 5.74) is 3.40. The standard InChI is InChI=1S/C32H43N5O4/c38-19-16-36-14-10-27(11-15-36)41-26-7-4-24(5-8-26)30-28-22-25(6-9-29(28)34-35-30)31(39)33-23-32(12-2-1-3-13-32)37-17-20-40-21-18-37/h4-9,22,27,38H,1-3,10-21,23H2,(H,33,39)(H,34,35). The number of hydrogen-bond donors (Lipinski definition) is 3. The van der Waals surface area contributed by atoms with Gasteiger partial charge in [-0.25, -0.2) is 0 Å². The zero-order valence-electron chi connectivity index (χ0n) is 23.9. The third kappa shape index (κ3) is 6.43. The van der Waals surface area contributed by atoms with Gasteiger partial charge in [-0.15, -0.1) is 0 Å². The summed E-state index contributed by atoms with van der Waals surface area (Å²) in [6, 6.07) is 13.9. The van der Waals surface area contributed by atoms with Gasteiger partial charge in [0.15, 0.2) is 0 Å². The number of likely N-dealkylation sites (tertiary alicyclic amines) is 1. The van der Waals surface area contributed by atoms with Gasteiger partial charge < -0.3 is 24.8 Å². The van der Waals surface area contributed by atoms with Gasteiger partial charge in [0.2, 0.25) is 0 Å². The molecule has 0 unspecified atom stereocenters. The molecule has 1 amide bonds. The van der Waals surface area contributed by atoms with Crippen molar-refractivity contribution >= 4 is 16.8 Å². The van der Waals surface area contributed by atoms with Crippen molar-refractivity contribution in [3.8, 4) is 17.0 Å². The van der Waals surface area contributed by atoms with Gasteiger partial charge in [-0.2, -0.15) is 5.10 Å². The van der Waals surface area contributed by atoms with E-state index in [1.165, 1.54) is 19.3 Å². The van der Waals surface area contributed by atoms with Crippen molar-refractivity contribution in [1.29, 1.82) is 0 Å². The molecule has 41 heavy (non-hydrogen) atoms. The van der Waals surface area contributed by atoms with E-state index in [2.05, 4.69) is 25.3 Å². The average Bonchev–Trinajstić information content (AvgIpc) is 3.46. The topological polar surface area (TPSA) is 103 Å². The van der Waals surface area contributed by atoms with Crippen LogP contribution in [-0.2, 0) is 4.74 Å². The van der Waals surface area contributed by atoms with E-state index in [4.69, 9.17) is 14.6 Å². The number of fused-ring (bicyclic) bond motifs is 1. The number of aromatic amines is 1. The van der Waals surface area contributed by atoms with Crippen molar-refractivity contribution in [1.82, 2.24) is 25.3 Å². The summed E-state index contributed by atoms with van der Waals surface area (Å²) >= 11 is 0. The lowest BCUT2D eigenvalue weighted by Crippen LogP contribution is -2.59. The van der Waals surface area contributed by atoms with Gasteiger partial charge in [0.25, 0.3) is 5.91 Å². The van der Waals surface area contributed by atoms with E-state index in [0.717, 1.165) is 99.5 Å². The maximum Gasteiger partial charge on any atom is 0.251 e. The molecule has 3 aromatic rings. The molecule has 3 heterocycles. The minimum absolute atomic E-state index is 0.0306. The summed E-state index contributed by atoms with van der Waals surface area (Å²) in [4.78, 5) is 18.2. The summed E-state index contributed by atoms with van der Waals surface area (Å²) in [5.74, 6) is 0.817. The second-order valence-corrected chi connectivity index (χ2v) is 11.8. The maximum absolute atomic E-state index is 13.4. The SMILES string of the molecule is O=C(NCC1(N2CCOCC2)CCCCC1)c1ccc2[nH]nc(-c3ccc(OC4CCN(CCO)CC4)cc3)c2c1. The number of nitrogens with one attached hydrogen (secondary N) is 2. The van der Waals surface area contributed by atoms with Crippen LogP contribution in [0.5, 0.6) is 5.75 Å². The quantitative estimate of drug-likeness (QED) is 0.365. The van der Waals surface area contributed by atoms with Crippen LogP contribution in [0.4, 0.5) is 0 Å². The summed E-state index contributed by atoms with van der Waals surface area (Å²) < 4.78 is 11.8. The van der Waals surface area contributed by atoms with Crippen LogP contribution in [0, 0.1) is 0 Å². The Labute approximate surface area is 242 Å². The first-order valence-electron chi connectivity index (χ1n) is 15.3. The molecule has 0 radical (unpaired) electrons. The lowest BCUT2D eigenvalue weighted by Gasteiger charge is -2.48. The smallest absolute Gasteiger partial charge is 0.251 e. The molecule has 0 atom stereocenters. The number of aliphatic hydroxyl groups excluding tert-OH is 1. The van der Waals surface area contributed by atoms with Crippen LogP contribution in [-0.4, -0.2) is 102 Å². The highest BCUT2D eigenvalue weighted by Gasteiger charge is 2.39. The predicted molar refractivity (Wildman–Crippen MR) is 159 cm³/mol. The van der Waals surface area contributed by atoms with Crippen molar-refractivity contribution in [2.45, 2.75) is 56.6 Å². The van der Waals surface area contributed by atoms with Gasteiger partial charge >= 0.3 is 0 Å². The number of nitrogens with zero attached hydrogens (tertiary/aromatic N) is 3.